The highest BCUT2D eigenvalue weighted by Crippen LogP contribution is 2.32. The third kappa shape index (κ3) is 4.95. The van der Waals surface area contributed by atoms with E-state index in [1.54, 1.807) is 30.3 Å². The van der Waals surface area contributed by atoms with Crippen LogP contribution < -0.4 is 15.0 Å². The Bertz CT molecular complexity index is 948. The number of nitrogens with one attached hydrogen (secondary N) is 1. The molecule has 1 fully saturated rings. The van der Waals surface area contributed by atoms with Crippen molar-refractivity contribution in [1.29, 1.82) is 0 Å². The lowest BCUT2D eigenvalue weighted by atomic mass is 10.1. The molecule has 1 amide bonds. The first-order chi connectivity index (χ1) is 14.3. The standard InChI is InChI=1S/C20H22Cl2N4O4/c1-13(20(27)23-15-4-6-19(30-2)16(22)12-15)24-7-9-25(10-8-24)17-5-3-14(21)11-18(17)26(28)29/h3-6,11-13H,7-10H2,1-2H3,(H,23,27). The van der Waals surface area contributed by atoms with E-state index in [1.807, 2.05) is 16.7 Å². The molecule has 0 aromatic heterocycles. The number of nitro groups is 1. The van der Waals surface area contributed by atoms with Crippen molar-refractivity contribution in [3.8, 4) is 5.75 Å². The Morgan fingerprint density at radius 2 is 1.87 bits per heavy atom. The van der Waals surface area contributed by atoms with Crippen LogP contribution in [0, 0.1) is 10.1 Å². The molecule has 10 heteroatoms. The number of methoxy groups -OCH3 is 1. The van der Waals surface area contributed by atoms with Gasteiger partial charge < -0.3 is 15.0 Å². The van der Waals surface area contributed by atoms with Crippen LogP contribution in [0.25, 0.3) is 0 Å². The summed E-state index contributed by atoms with van der Waals surface area (Å²) >= 11 is 12.0. The van der Waals surface area contributed by atoms with Gasteiger partial charge >= 0.3 is 0 Å². The van der Waals surface area contributed by atoms with Crippen LogP contribution in [0.2, 0.25) is 10.0 Å². The number of hydrogen-bond donors (Lipinski definition) is 1. The molecule has 3 rings (SSSR count). The zero-order chi connectivity index (χ0) is 21.8. The number of amides is 1. The highest BCUT2D eigenvalue weighted by atomic mass is 35.5. The largest absolute Gasteiger partial charge is 0.495 e. The van der Waals surface area contributed by atoms with Crippen LogP contribution in [0.3, 0.4) is 0 Å². The molecule has 0 spiro atoms. The molecule has 1 unspecified atom stereocenters. The maximum Gasteiger partial charge on any atom is 0.294 e. The Morgan fingerprint density at radius 1 is 1.17 bits per heavy atom. The fraction of sp³-hybridized carbons (Fsp3) is 0.350. The molecule has 2 aromatic carbocycles. The second-order valence-electron chi connectivity index (χ2n) is 6.93. The minimum atomic E-state index is -0.427. The van der Waals surface area contributed by atoms with Crippen molar-refractivity contribution in [1.82, 2.24) is 4.90 Å². The molecule has 160 valence electrons. The van der Waals surface area contributed by atoms with E-state index in [1.165, 1.54) is 13.2 Å². The summed E-state index contributed by atoms with van der Waals surface area (Å²) in [6.45, 7) is 4.15. The van der Waals surface area contributed by atoms with Crippen molar-refractivity contribution >= 4 is 46.2 Å². The van der Waals surface area contributed by atoms with Gasteiger partial charge in [-0.05, 0) is 37.3 Å². The topological polar surface area (TPSA) is 88.0 Å². The second-order valence-corrected chi connectivity index (χ2v) is 7.77. The Kier molecular flexibility index (Phi) is 7.02. The second kappa shape index (κ2) is 9.51. The van der Waals surface area contributed by atoms with Crippen LogP contribution in [-0.2, 0) is 4.79 Å². The van der Waals surface area contributed by atoms with Gasteiger partial charge in [0.25, 0.3) is 5.69 Å². The third-order valence-corrected chi connectivity index (χ3v) is 5.67. The minimum absolute atomic E-state index is 0.0156. The number of nitro benzene ring substituents is 1. The summed E-state index contributed by atoms with van der Waals surface area (Å²) in [5.74, 6) is 0.386. The normalized spacial score (nSPS) is 15.5. The van der Waals surface area contributed by atoms with E-state index in [0.717, 1.165) is 0 Å². The van der Waals surface area contributed by atoms with E-state index >= 15 is 0 Å². The molecular weight excluding hydrogens is 431 g/mol. The van der Waals surface area contributed by atoms with Gasteiger partial charge in [0.05, 0.1) is 23.1 Å². The molecule has 2 aromatic rings. The number of rotatable bonds is 6. The number of ether oxygens (including phenoxy) is 1. The van der Waals surface area contributed by atoms with Crippen molar-refractivity contribution < 1.29 is 14.5 Å². The van der Waals surface area contributed by atoms with Crippen molar-refractivity contribution in [3.63, 3.8) is 0 Å². The Hall–Kier alpha value is -2.55. The summed E-state index contributed by atoms with van der Waals surface area (Å²) in [6.07, 6.45) is 0. The lowest BCUT2D eigenvalue weighted by molar-refractivity contribution is -0.384. The first kappa shape index (κ1) is 22.1. The molecule has 1 aliphatic rings. The van der Waals surface area contributed by atoms with Crippen molar-refractivity contribution in [3.05, 3.63) is 56.6 Å². The van der Waals surface area contributed by atoms with Crippen LogP contribution >= 0.6 is 23.2 Å². The van der Waals surface area contributed by atoms with Crippen molar-refractivity contribution in [2.24, 2.45) is 0 Å². The van der Waals surface area contributed by atoms with Crippen molar-refractivity contribution in [2.45, 2.75) is 13.0 Å². The van der Waals surface area contributed by atoms with E-state index in [0.29, 0.717) is 53.3 Å². The van der Waals surface area contributed by atoms with Gasteiger partial charge in [-0.1, -0.05) is 23.2 Å². The van der Waals surface area contributed by atoms with Crippen LogP contribution in [-0.4, -0.2) is 55.1 Å². The summed E-state index contributed by atoms with van der Waals surface area (Å²) in [6, 6.07) is 9.37. The number of piperazine rings is 1. The zero-order valence-electron chi connectivity index (χ0n) is 16.6. The van der Waals surface area contributed by atoms with E-state index in [4.69, 9.17) is 27.9 Å². The number of nitrogens with zero attached hydrogens (tertiary/aromatic N) is 3. The quantitative estimate of drug-likeness (QED) is 0.525. The summed E-state index contributed by atoms with van der Waals surface area (Å²) in [5.41, 5.74) is 1.11. The monoisotopic (exact) mass is 452 g/mol. The first-order valence-electron chi connectivity index (χ1n) is 9.37. The summed E-state index contributed by atoms with van der Waals surface area (Å²) in [7, 11) is 1.53. The number of anilines is 2. The van der Waals surface area contributed by atoms with Gasteiger partial charge in [-0.25, -0.2) is 0 Å². The lowest BCUT2D eigenvalue weighted by Crippen LogP contribution is -2.53. The molecule has 0 bridgehead atoms. The number of hydrogen-bond acceptors (Lipinski definition) is 6. The number of benzene rings is 2. The van der Waals surface area contributed by atoms with E-state index in [-0.39, 0.29) is 17.6 Å². The van der Waals surface area contributed by atoms with Gasteiger partial charge in [0.1, 0.15) is 11.4 Å². The smallest absolute Gasteiger partial charge is 0.294 e. The average Bonchev–Trinajstić information content (AvgIpc) is 2.73. The molecular formula is C20H22Cl2N4O4. The molecule has 0 saturated carbocycles. The van der Waals surface area contributed by atoms with E-state index in [2.05, 4.69) is 5.32 Å². The van der Waals surface area contributed by atoms with Crippen molar-refractivity contribution in [2.75, 3.05) is 43.5 Å². The molecule has 1 aliphatic heterocycles. The van der Waals surface area contributed by atoms with Gasteiger partial charge in [0.2, 0.25) is 5.91 Å². The third-order valence-electron chi connectivity index (χ3n) is 5.14. The van der Waals surface area contributed by atoms with E-state index < -0.39 is 4.92 Å². The van der Waals surface area contributed by atoms with Gasteiger partial charge in [-0.3, -0.25) is 19.8 Å². The molecule has 1 saturated heterocycles. The maximum atomic E-state index is 12.7. The maximum absolute atomic E-state index is 12.7. The SMILES string of the molecule is COc1ccc(NC(=O)C(C)N2CCN(c3ccc(Cl)cc3[N+](=O)[O-])CC2)cc1Cl. The highest BCUT2D eigenvalue weighted by Gasteiger charge is 2.28. The van der Waals surface area contributed by atoms with Gasteiger partial charge in [0.15, 0.2) is 0 Å². The molecule has 1 heterocycles. The van der Waals surface area contributed by atoms with Crippen LogP contribution in [0.15, 0.2) is 36.4 Å². The van der Waals surface area contributed by atoms with Crippen LogP contribution in [0.1, 0.15) is 6.92 Å². The number of halogens is 2. The molecule has 8 nitrogen and oxygen atoms in total. The Balaban J connectivity index is 1.61. The van der Waals surface area contributed by atoms with E-state index in [9.17, 15) is 14.9 Å². The van der Waals surface area contributed by atoms with Gasteiger partial charge in [0, 0.05) is 43.0 Å². The molecule has 0 radical (unpaired) electrons. The molecule has 0 aliphatic carbocycles. The predicted octanol–water partition coefficient (Wildman–Crippen LogP) is 4.06. The van der Waals surface area contributed by atoms with Crippen LogP contribution in [0.4, 0.5) is 17.1 Å². The lowest BCUT2D eigenvalue weighted by Gasteiger charge is -2.38. The summed E-state index contributed by atoms with van der Waals surface area (Å²) in [4.78, 5) is 27.6. The highest BCUT2D eigenvalue weighted by molar-refractivity contribution is 6.32. The molecule has 30 heavy (non-hydrogen) atoms. The predicted molar refractivity (Wildman–Crippen MR) is 118 cm³/mol. The average molecular weight is 453 g/mol. The van der Waals surface area contributed by atoms with Gasteiger partial charge in [-0.2, -0.15) is 0 Å². The molecule has 1 N–H and O–H groups in total. The summed E-state index contributed by atoms with van der Waals surface area (Å²) in [5, 5.41) is 15.0. The first-order valence-corrected chi connectivity index (χ1v) is 10.1. The van der Waals surface area contributed by atoms with Crippen LogP contribution in [0.5, 0.6) is 5.75 Å². The Labute approximate surface area is 184 Å². The number of carbonyl (C=O) groups is 1. The fourth-order valence-corrected chi connectivity index (χ4v) is 3.84. The fourth-order valence-electron chi connectivity index (χ4n) is 3.42. The minimum Gasteiger partial charge on any atom is -0.495 e. The summed E-state index contributed by atoms with van der Waals surface area (Å²) < 4.78 is 5.12. The zero-order valence-corrected chi connectivity index (χ0v) is 18.1. The Morgan fingerprint density at radius 3 is 2.47 bits per heavy atom. The van der Waals surface area contributed by atoms with Gasteiger partial charge in [-0.15, -0.1) is 0 Å². The molecule has 1 atom stereocenters. The number of carbonyl (C=O) groups excluding carboxylic acids is 1.